The Bertz CT molecular complexity index is 268. The normalized spacial score (nSPS) is 11.9. The highest BCUT2D eigenvalue weighted by molar-refractivity contribution is 7.89. The van der Waals surface area contributed by atoms with E-state index in [0.717, 1.165) is 19.3 Å². The van der Waals surface area contributed by atoms with Crippen LogP contribution < -0.4 is 4.72 Å². The molecule has 0 aliphatic carbocycles. The average Bonchev–Trinajstić information content (AvgIpc) is 2.31. The zero-order chi connectivity index (χ0) is 13.7. The van der Waals surface area contributed by atoms with Gasteiger partial charge in [-0.2, -0.15) is 0 Å². The lowest BCUT2D eigenvalue weighted by Gasteiger charge is -2.04. The Labute approximate surface area is 118 Å². The molecule has 0 aromatic carbocycles. The fourth-order valence-corrected chi connectivity index (χ4v) is 3.33. The third-order valence-electron chi connectivity index (χ3n) is 3.04. The van der Waals surface area contributed by atoms with Crippen LogP contribution in [0.2, 0.25) is 0 Å². The lowest BCUT2D eigenvalue weighted by atomic mass is 10.1. The zero-order valence-corrected chi connectivity index (χ0v) is 13.2. The molecule has 0 spiro atoms. The fourth-order valence-electron chi connectivity index (χ4n) is 1.93. The Kier molecular flexibility index (Phi) is 12.4. The van der Waals surface area contributed by atoms with Gasteiger partial charge >= 0.3 is 0 Å². The van der Waals surface area contributed by atoms with Crippen molar-refractivity contribution in [2.75, 3.05) is 11.8 Å². The van der Waals surface area contributed by atoms with Gasteiger partial charge in [-0.15, -0.1) is 11.6 Å². The summed E-state index contributed by atoms with van der Waals surface area (Å²) >= 11 is 5.33. The zero-order valence-electron chi connectivity index (χ0n) is 11.6. The Morgan fingerprint density at radius 1 is 0.833 bits per heavy atom. The van der Waals surface area contributed by atoms with Gasteiger partial charge in [0, 0.05) is 0 Å². The maximum atomic E-state index is 11.3. The molecule has 0 amide bonds. The van der Waals surface area contributed by atoms with Gasteiger partial charge in [-0.05, 0) is 6.42 Å². The van der Waals surface area contributed by atoms with E-state index in [1.165, 1.54) is 44.9 Å². The molecule has 0 saturated heterocycles. The molecule has 18 heavy (non-hydrogen) atoms. The molecule has 0 aliphatic rings. The van der Waals surface area contributed by atoms with Crippen LogP contribution in [0.25, 0.3) is 0 Å². The fraction of sp³-hybridized carbons (Fsp3) is 1.00. The van der Waals surface area contributed by atoms with E-state index in [9.17, 15) is 8.42 Å². The van der Waals surface area contributed by atoms with E-state index in [2.05, 4.69) is 11.6 Å². The van der Waals surface area contributed by atoms with E-state index in [4.69, 9.17) is 11.6 Å². The summed E-state index contributed by atoms with van der Waals surface area (Å²) in [6.45, 7) is 2.23. The molecule has 0 atom stereocenters. The molecule has 0 fully saturated rings. The topological polar surface area (TPSA) is 46.2 Å². The van der Waals surface area contributed by atoms with Crippen LogP contribution in [0.3, 0.4) is 0 Å². The van der Waals surface area contributed by atoms with Gasteiger partial charge in [-0.1, -0.05) is 64.7 Å². The van der Waals surface area contributed by atoms with E-state index in [-0.39, 0.29) is 11.8 Å². The monoisotopic (exact) mass is 297 g/mol. The number of sulfonamides is 1. The molecule has 0 bridgehead atoms. The average molecular weight is 298 g/mol. The van der Waals surface area contributed by atoms with Crippen LogP contribution in [0.15, 0.2) is 0 Å². The maximum Gasteiger partial charge on any atom is 0.212 e. The van der Waals surface area contributed by atoms with Crippen LogP contribution in [0.5, 0.6) is 0 Å². The summed E-state index contributed by atoms with van der Waals surface area (Å²) in [5, 5.41) is 0. The standard InChI is InChI=1S/C13H28ClNO2S/c1-2-3-4-5-6-7-8-9-10-11-12-18(16,17)15-13-14/h15H,2-13H2,1H3. The lowest BCUT2D eigenvalue weighted by Crippen LogP contribution is -2.24. The summed E-state index contributed by atoms with van der Waals surface area (Å²) in [6, 6.07) is -0.0277. The van der Waals surface area contributed by atoms with E-state index in [1.807, 2.05) is 0 Å². The van der Waals surface area contributed by atoms with Crippen molar-refractivity contribution in [3.8, 4) is 0 Å². The number of hydrogen-bond donors (Lipinski definition) is 1. The van der Waals surface area contributed by atoms with E-state index < -0.39 is 10.0 Å². The molecule has 3 nitrogen and oxygen atoms in total. The van der Waals surface area contributed by atoms with Gasteiger partial charge in [-0.3, -0.25) is 0 Å². The Balaban J connectivity index is 3.21. The van der Waals surface area contributed by atoms with Crippen LogP contribution in [0.1, 0.15) is 71.1 Å². The number of alkyl halides is 1. The minimum atomic E-state index is -3.12. The van der Waals surface area contributed by atoms with E-state index >= 15 is 0 Å². The maximum absolute atomic E-state index is 11.3. The summed E-state index contributed by atoms with van der Waals surface area (Å²) in [7, 11) is -3.12. The molecule has 0 heterocycles. The molecule has 0 aliphatic heterocycles. The molecule has 1 N–H and O–H groups in total. The van der Waals surface area contributed by atoms with Gasteiger partial charge in [0.2, 0.25) is 10.0 Å². The molecular weight excluding hydrogens is 270 g/mol. The first kappa shape index (κ1) is 18.2. The number of nitrogens with one attached hydrogen (secondary N) is 1. The minimum Gasteiger partial charge on any atom is -0.212 e. The summed E-state index contributed by atoms with van der Waals surface area (Å²) in [5.41, 5.74) is 0. The third kappa shape index (κ3) is 12.7. The summed E-state index contributed by atoms with van der Waals surface area (Å²) in [4.78, 5) is 0. The molecular formula is C13H28ClNO2S. The Morgan fingerprint density at radius 2 is 1.28 bits per heavy atom. The number of halogens is 1. The van der Waals surface area contributed by atoms with Gasteiger partial charge in [0.1, 0.15) is 0 Å². The first-order valence-corrected chi connectivity index (χ1v) is 9.34. The van der Waals surface area contributed by atoms with Crippen LogP contribution in [0, 0.1) is 0 Å². The third-order valence-corrected chi connectivity index (χ3v) is 4.74. The number of unbranched alkanes of at least 4 members (excludes halogenated alkanes) is 9. The second kappa shape index (κ2) is 12.2. The smallest absolute Gasteiger partial charge is 0.212 e. The molecule has 0 aromatic rings. The molecule has 5 heteroatoms. The van der Waals surface area contributed by atoms with E-state index in [0.29, 0.717) is 0 Å². The Morgan fingerprint density at radius 3 is 1.72 bits per heavy atom. The first-order valence-electron chi connectivity index (χ1n) is 7.15. The van der Waals surface area contributed by atoms with Crippen molar-refractivity contribution in [1.82, 2.24) is 4.72 Å². The van der Waals surface area contributed by atoms with Crippen LogP contribution in [-0.4, -0.2) is 20.2 Å². The van der Waals surface area contributed by atoms with Crippen molar-refractivity contribution < 1.29 is 8.42 Å². The van der Waals surface area contributed by atoms with Crippen LogP contribution in [-0.2, 0) is 10.0 Å². The summed E-state index contributed by atoms with van der Waals surface area (Å²) < 4.78 is 24.8. The van der Waals surface area contributed by atoms with Gasteiger partial charge in [-0.25, -0.2) is 13.1 Å². The molecule has 0 rings (SSSR count). The van der Waals surface area contributed by atoms with Crippen molar-refractivity contribution in [3.63, 3.8) is 0 Å². The second-order valence-electron chi connectivity index (χ2n) is 4.78. The van der Waals surface area contributed by atoms with E-state index in [1.54, 1.807) is 0 Å². The van der Waals surface area contributed by atoms with Crippen molar-refractivity contribution >= 4 is 21.6 Å². The number of hydrogen-bond acceptors (Lipinski definition) is 2. The van der Waals surface area contributed by atoms with Crippen molar-refractivity contribution in [2.24, 2.45) is 0 Å². The SMILES string of the molecule is CCCCCCCCCCCCS(=O)(=O)NCCl. The Hall–Kier alpha value is 0.200. The minimum absolute atomic E-state index is 0.0277. The first-order chi connectivity index (χ1) is 8.62. The number of rotatable bonds is 13. The van der Waals surface area contributed by atoms with Crippen LogP contribution >= 0.6 is 11.6 Å². The van der Waals surface area contributed by atoms with Gasteiger partial charge in [0.25, 0.3) is 0 Å². The van der Waals surface area contributed by atoms with Gasteiger partial charge in [0.15, 0.2) is 0 Å². The molecule has 0 saturated carbocycles. The predicted octanol–water partition coefficient (Wildman–Crippen LogP) is 4.02. The lowest BCUT2D eigenvalue weighted by molar-refractivity contribution is 0.556. The largest absolute Gasteiger partial charge is 0.212 e. The second-order valence-corrected chi connectivity index (χ2v) is 6.97. The van der Waals surface area contributed by atoms with Gasteiger partial charge < -0.3 is 0 Å². The molecule has 110 valence electrons. The van der Waals surface area contributed by atoms with Crippen molar-refractivity contribution in [3.05, 3.63) is 0 Å². The highest BCUT2D eigenvalue weighted by Gasteiger charge is 2.07. The highest BCUT2D eigenvalue weighted by Crippen LogP contribution is 2.10. The summed E-state index contributed by atoms with van der Waals surface area (Å²) in [5.74, 6) is 0.205. The van der Waals surface area contributed by atoms with Crippen LogP contribution in [0.4, 0.5) is 0 Å². The van der Waals surface area contributed by atoms with Crippen molar-refractivity contribution in [1.29, 1.82) is 0 Å². The highest BCUT2D eigenvalue weighted by atomic mass is 35.5. The quantitative estimate of drug-likeness (QED) is 0.317. The van der Waals surface area contributed by atoms with Crippen molar-refractivity contribution in [2.45, 2.75) is 71.1 Å². The van der Waals surface area contributed by atoms with Gasteiger partial charge in [0.05, 0.1) is 11.8 Å². The predicted molar refractivity (Wildman–Crippen MR) is 79.5 cm³/mol. The molecule has 0 unspecified atom stereocenters. The molecule has 0 aromatic heterocycles. The summed E-state index contributed by atoms with van der Waals surface area (Å²) in [6.07, 6.45) is 12.1. The molecule has 0 radical (unpaired) electrons.